The highest BCUT2D eigenvalue weighted by molar-refractivity contribution is 5.85. The van der Waals surface area contributed by atoms with Crippen LogP contribution in [0, 0.1) is 4.91 Å². The highest BCUT2D eigenvalue weighted by Gasteiger charge is 2.09. The van der Waals surface area contributed by atoms with Gasteiger partial charge in [0.05, 0.1) is 0 Å². The number of aromatic hydroxyl groups is 1. The summed E-state index contributed by atoms with van der Waals surface area (Å²) in [5.74, 6) is -0.0412. The molecule has 0 unspecified atom stereocenters. The lowest BCUT2D eigenvalue weighted by molar-refractivity contribution is 0.476. The maximum atomic E-state index is 10.4. The van der Waals surface area contributed by atoms with E-state index in [1.165, 1.54) is 0 Å². The molecular formula is C14H23ClN2O2. The van der Waals surface area contributed by atoms with Gasteiger partial charge in [-0.05, 0) is 30.2 Å². The first-order chi connectivity index (χ1) is 8.72. The third kappa shape index (κ3) is 5.47. The van der Waals surface area contributed by atoms with Gasteiger partial charge in [-0.3, -0.25) is 0 Å². The smallest absolute Gasteiger partial charge is 0.149 e. The topological polar surface area (TPSA) is 52.9 Å². The second-order valence-electron chi connectivity index (χ2n) is 4.46. The van der Waals surface area contributed by atoms with E-state index < -0.39 is 0 Å². The molecule has 0 saturated carbocycles. The van der Waals surface area contributed by atoms with Crippen molar-refractivity contribution in [1.29, 1.82) is 0 Å². The van der Waals surface area contributed by atoms with Crippen molar-refractivity contribution < 1.29 is 5.11 Å². The number of rotatable bonds is 8. The van der Waals surface area contributed by atoms with Gasteiger partial charge in [0, 0.05) is 24.8 Å². The fourth-order valence-electron chi connectivity index (χ4n) is 1.85. The number of anilines is 1. The third-order valence-corrected chi connectivity index (χ3v) is 2.99. The van der Waals surface area contributed by atoms with Crippen LogP contribution in [-0.2, 0) is 0 Å². The fraction of sp³-hybridized carbons (Fsp3) is 0.571. The van der Waals surface area contributed by atoms with Crippen LogP contribution >= 0.6 is 12.4 Å². The van der Waals surface area contributed by atoms with Crippen molar-refractivity contribution in [3.63, 3.8) is 0 Å². The van der Waals surface area contributed by atoms with Gasteiger partial charge in [0.1, 0.15) is 11.4 Å². The molecule has 0 aliphatic rings. The number of benzene rings is 1. The first kappa shape index (κ1) is 17.7. The third-order valence-electron chi connectivity index (χ3n) is 2.99. The average Bonchev–Trinajstić information content (AvgIpc) is 2.39. The van der Waals surface area contributed by atoms with E-state index in [4.69, 9.17) is 0 Å². The minimum atomic E-state index is -0.0412. The molecule has 4 nitrogen and oxygen atoms in total. The van der Waals surface area contributed by atoms with Crippen LogP contribution in [0.1, 0.15) is 39.5 Å². The van der Waals surface area contributed by atoms with Crippen LogP contribution in [0.2, 0.25) is 0 Å². The normalized spacial score (nSPS) is 9.79. The van der Waals surface area contributed by atoms with E-state index in [0.29, 0.717) is 0 Å². The number of unbranched alkanes of at least 4 members (excludes halogenated alkanes) is 2. The van der Waals surface area contributed by atoms with E-state index in [1.54, 1.807) is 12.1 Å². The fourth-order valence-corrected chi connectivity index (χ4v) is 1.85. The standard InChI is InChI=1S/C14H22N2O2.ClH/c1-3-5-9-16(10-6-4-2)12-7-8-13(15-18)14(17)11-12;/h7-8,11,17H,3-6,9-10H2,1-2H3;1H. The Balaban J connectivity index is 0.00000324. The van der Waals surface area contributed by atoms with Crippen LogP contribution in [0.5, 0.6) is 5.75 Å². The summed E-state index contributed by atoms with van der Waals surface area (Å²) in [5.41, 5.74) is 1.06. The first-order valence-electron chi connectivity index (χ1n) is 6.64. The number of hydrogen-bond acceptors (Lipinski definition) is 4. The molecule has 0 aliphatic carbocycles. The summed E-state index contributed by atoms with van der Waals surface area (Å²) in [6.45, 7) is 6.28. The number of hydrogen-bond donors (Lipinski definition) is 1. The zero-order valence-corrected chi connectivity index (χ0v) is 12.4. The minimum Gasteiger partial charge on any atom is -0.505 e. The van der Waals surface area contributed by atoms with Gasteiger partial charge in [0.25, 0.3) is 0 Å². The molecule has 1 N–H and O–H groups in total. The molecule has 0 bridgehead atoms. The summed E-state index contributed by atoms with van der Waals surface area (Å²) in [4.78, 5) is 12.7. The summed E-state index contributed by atoms with van der Waals surface area (Å²) in [5, 5.41) is 12.4. The molecule has 0 spiro atoms. The molecule has 0 aromatic heterocycles. The van der Waals surface area contributed by atoms with Gasteiger partial charge in [-0.1, -0.05) is 26.7 Å². The predicted molar refractivity (Wildman–Crippen MR) is 82.8 cm³/mol. The molecular weight excluding hydrogens is 264 g/mol. The number of nitrogens with zero attached hydrogens (tertiary/aromatic N) is 2. The van der Waals surface area contributed by atoms with E-state index in [9.17, 15) is 10.0 Å². The Labute approximate surface area is 121 Å². The van der Waals surface area contributed by atoms with Crippen LogP contribution < -0.4 is 4.90 Å². The summed E-state index contributed by atoms with van der Waals surface area (Å²) < 4.78 is 0. The predicted octanol–water partition coefficient (Wildman–Crippen LogP) is 4.62. The zero-order chi connectivity index (χ0) is 13.4. The molecule has 0 amide bonds. The molecule has 1 aromatic rings. The Morgan fingerprint density at radius 2 is 1.74 bits per heavy atom. The van der Waals surface area contributed by atoms with Crippen molar-refractivity contribution in [3.8, 4) is 5.75 Å². The van der Waals surface area contributed by atoms with Crippen LogP contribution in [0.4, 0.5) is 11.4 Å². The van der Waals surface area contributed by atoms with Crippen LogP contribution in [-0.4, -0.2) is 18.2 Å². The highest BCUT2D eigenvalue weighted by Crippen LogP contribution is 2.31. The number of nitroso groups, excluding NO2 is 1. The van der Waals surface area contributed by atoms with Gasteiger partial charge in [-0.2, -0.15) is 0 Å². The Kier molecular flexibility index (Phi) is 8.96. The van der Waals surface area contributed by atoms with E-state index in [-0.39, 0.29) is 23.8 Å². The van der Waals surface area contributed by atoms with Crippen molar-refractivity contribution in [3.05, 3.63) is 23.1 Å². The molecule has 0 fully saturated rings. The summed E-state index contributed by atoms with van der Waals surface area (Å²) >= 11 is 0. The van der Waals surface area contributed by atoms with Crippen molar-refractivity contribution in [2.45, 2.75) is 39.5 Å². The minimum absolute atomic E-state index is 0. The lowest BCUT2D eigenvalue weighted by Gasteiger charge is -2.24. The van der Waals surface area contributed by atoms with Gasteiger partial charge < -0.3 is 10.0 Å². The van der Waals surface area contributed by atoms with Gasteiger partial charge in [-0.25, -0.2) is 0 Å². The lowest BCUT2D eigenvalue weighted by atomic mass is 10.2. The van der Waals surface area contributed by atoms with Crippen molar-refractivity contribution in [2.75, 3.05) is 18.0 Å². The molecule has 0 aliphatic heterocycles. The average molecular weight is 287 g/mol. The molecule has 108 valence electrons. The largest absolute Gasteiger partial charge is 0.505 e. The highest BCUT2D eigenvalue weighted by atomic mass is 35.5. The number of phenols is 1. The van der Waals surface area contributed by atoms with Crippen molar-refractivity contribution in [2.24, 2.45) is 5.18 Å². The van der Waals surface area contributed by atoms with E-state index in [1.807, 2.05) is 6.07 Å². The van der Waals surface area contributed by atoms with E-state index >= 15 is 0 Å². The van der Waals surface area contributed by atoms with Crippen molar-refractivity contribution in [1.82, 2.24) is 0 Å². The van der Waals surface area contributed by atoms with Crippen LogP contribution in [0.3, 0.4) is 0 Å². The van der Waals surface area contributed by atoms with Gasteiger partial charge in [0.2, 0.25) is 0 Å². The zero-order valence-electron chi connectivity index (χ0n) is 11.6. The Bertz CT molecular complexity index is 378. The summed E-state index contributed by atoms with van der Waals surface area (Å²) in [7, 11) is 0. The molecule has 0 heterocycles. The second-order valence-corrected chi connectivity index (χ2v) is 4.46. The monoisotopic (exact) mass is 286 g/mol. The molecule has 0 atom stereocenters. The Morgan fingerprint density at radius 1 is 1.16 bits per heavy atom. The first-order valence-corrected chi connectivity index (χ1v) is 6.64. The maximum absolute atomic E-state index is 10.4. The van der Waals surface area contributed by atoms with Crippen LogP contribution in [0.15, 0.2) is 23.4 Å². The Hall–Kier alpha value is -1.29. The van der Waals surface area contributed by atoms with Gasteiger partial charge in [0.15, 0.2) is 0 Å². The van der Waals surface area contributed by atoms with Gasteiger partial charge in [-0.15, -0.1) is 17.3 Å². The Morgan fingerprint density at radius 3 is 2.16 bits per heavy atom. The lowest BCUT2D eigenvalue weighted by Crippen LogP contribution is -2.25. The van der Waals surface area contributed by atoms with Crippen molar-refractivity contribution >= 4 is 23.8 Å². The summed E-state index contributed by atoms with van der Waals surface area (Å²) in [6, 6.07) is 5.05. The number of phenolic OH excluding ortho intramolecular Hbond substituents is 1. The SMILES string of the molecule is CCCCN(CCCC)c1ccc(N=O)c(O)c1.Cl. The number of halogens is 1. The van der Waals surface area contributed by atoms with Crippen LogP contribution in [0.25, 0.3) is 0 Å². The van der Waals surface area contributed by atoms with Gasteiger partial charge >= 0.3 is 0 Å². The molecule has 0 saturated heterocycles. The molecule has 0 radical (unpaired) electrons. The van der Waals surface area contributed by atoms with E-state index in [0.717, 1.165) is 44.5 Å². The molecule has 1 rings (SSSR count). The second kappa shape index (κ2) is 9.62. The molecule has 1 aromatic carbocycles. The molecule has 5 heteroatoms. The molecule has 19 heavy (non-hydrogen) atoms. The van der Waals surface area contributed by atoms with E-state index in [2.05, 4.69) is 23.9 Å². The quantitative estimate of drug-likeness (QED) is 0.710. The maximum Gasteiger partial charge on any atom is 0.149 e. The summed E-state index contributed by atoms with van der Waals surface area (Å²) in [6.07, 6.45) is 4.53.